The zero-order chi connectivity index (χ0) is 11.7. The number of benzene rings is 1. The van der Waals surface area contributed by atoms with Gasteiger partial charge in [-0.05, 0) is 18.6 Å². The predicted octanol–water partition coefficient (Wildman–Crippen LogP) is 2.86. The van der Waals surface area contributed by atoms with E-state index >= 15 is 0 Å². The molecule has 2 atom stereocenters. The third-order valence-electron chi connectivity index (χ3n) is 2.84. The van der Waals surface area contributed by atoms with E-state index < -0.39 is 5.97 Å². The van der Waals surface area contributed by atoms with Gasteiger partial charge in [-0.15, -0.1) is 0 Å². The molecule has 0 spiro atoms. The summed E-state index contributed by atoms with van der Waals surface area (Å²) in [7, 11) is 0. The highest BCUT2D eigenvalue weighted by Gasteiger charge is 2.27. The number of hydrogen-bond donors (Lipinski definition) is 1. The number of carboxylic acids is 1. The van der Waals surface area contributed by atoms with Gasteiger partial charge in [-0.1, -0.05) is 28.9 Å². The van der Waals surface area contributed by atoms with Gasteiger partial charge in [0.05, 0.1) is 5.92 Å². The van der Waals surface area contributed by atoms with Crippen molar-refractivity contribution in [1.82, 2.24) is 0 Å². The van der Waals surface area contributed by atoms with Gasteiger partial charge in [0.2, 0.25) is 0 Å². The molecular weight excluding hydrogens is 272 g/mol. The third kappa shape index (κ3) is 2.21. The van der Waals surface area contributed by atoms with Crippen molar-refractivity contribution in [3.05, 3.63) is 28.2 Å². The lowest BCUT2D eigenvalue weighted by Crippen LogP contribution is -2.21. The zero-order valence-corrected chi connectivity index (χ0v) is 10.5. The maximum absolute atomic E-state index is 10.8. The van der Waals surface area contributed by atoms with Crippen molar-refractivity contribution in [2.45, 2.75) is 25.9 Å². The van der Waals surface area contributed by atoms with Gasteiger partial charge in [-0.2, -0.15) is 0 Å². The van der Waals surface area contributed by atoms with Gasteiger partial charge in [0.25, 0.3) is 0 Å². The summed E-state index contributed by atoms with van der Waals surface area (Å²) >= 11 is 3.47. The minimum Gasteiger partial charge on any atom is -0.490 e. The molecule has 1 aromatic rings. The van der Waals surface area contributed by atoms with Crippen LogP contribution in [-0.4, -0.2) is 17.2 Å². The van der Waals surface area contributed by atoms with Crippen LogP contribution in [0.3, 0.4) is 0 Å². The lowest BCUT2D eigenvalue weighted by molar-refractivity contribution is -0.141. The second-order valence-electron chi connectivity index (χ2n) is 4.14. The summed E-state index contributed by atoms with van der Waals surface area (Å²) in [5.41, 5.74) is 1.14. The van der Waals surface area contributed by atoms with E-state index in [-0.39, 0.29) is 12.0 Å². The highest BCUT2D eigenvalue weighted by Crippen LogP contribution is 2.35. The van der Waals surface area contributed by atoms with Crippen LogP contribution in [0.15, 0.2) is 22.7 Å². The number of hydrogen-bond acceptors (Lipinski definition) is 2. The Morgan fingerprint density at radius 1 is 1.69 bits per heavy atom. The Morgan fingerprint density at radius 3 is 3.06 bits per heavy atom. The van der Waals surface area contributed by atoms with Crippen molar-refractivity contribution < 1.29 is 14.6 Å². The first-order chi connectivity index (χ1) is 7.58. The average Bonchev–Trinajstić information content (AvgIpc) is 2.61. The molecule has 0 saturated heterocycles. The monoisotopic (exact) mass is 284 g/mol. The van der Waals surface area contributed by atoms with Gasteiger partial charge in [0.15, 0.2) is 0 Å². The Bertz CT molecular complexity index is 417. The molecule has 4 heteroatoms. The van der Waals surface area contributed by atoms with E-state index in [0.29, 0.717) is 6.42 Å². The molecule has 16 heavy (non-hydrogen) atoms. The summed E-state index contributed by atoms with van der Waals surface area (Å²) in [4.78, 5) is 10.8. The predicted molar refractivity (Wildman–Crippen MR) is 63.7 cm³/mol. The minimum absolute atomic E-state index is 0.0141. The highest BCUT2D eigenvalue weighted by molar-refractivity contribution is 9.10. The van der Waals surface area contributed by atoms with Crippen LogP contribution in [0.2, 0.25) is 0 Å². The molecule has 1 N–H and O–H groups in total. The fraction of sp³-hybridized carbons (Fsp3) is 0.417. The smallest absolute Gasteiger partial charge is 0.306 e. The standard InChI is InChI=1S/C12H13BrO3/c1-7(12(14)15)5-8-6-9-10(13)3-2-4-11(9)16-8/h2-4,7-8H,5-6H2,1H3,(H,14,15). The molecule has 0 saturated carbocycles. The molecule has 1 aliphatic rings. The Labute approximate surface area is 103 Å². The van der Waals surface area contributed by atoms with Gasteiger partial charge >= 0.3 is 5.97 Å². The Balaban J connectivity index is 2.06. The molecule has 1 aliphatic heterocycles. The molecule has 0 fully saturated rings. The molecule has 0 amide bonds. The number of aliphatic carboxylic acids is 1. The van der Waals surface area contributed by atoms with Crippen LogP contribution < -0.4 is 4.74 Å². The van der Waals surface area contributed by atoms with E-state index in [1.165, 1.54) is 0 Å². The number of rotatable bonds is 3. The van der Waals surface area contributed by atoms with Crippen LogP contribution in [0.1, 0.15) is 18.9 Å². The molecule has 0 radical (unpaired) electrons. The summed E-state index contributed by atoms with van der Waals surface area (Å²) in [6.45, 7) is 1.71. The van der Waals surface area contributed by atoms with Crippen LogP contribution in [0.5, 0.6) is 5.75 Å². The van der Waals surface area contributed by atoms with Crippen molar-refractivity contribution in [3.8, 4) is 5.75 Å². The second kappa shape index (κ2) is 4.45. The van der Waals surface area contributed by atoms with Crippen molar-refractivity contribution in [1.29, 1.82) is 0 Å². The van der Waals surface area contributed by atoms with Gasteiger partial charge in [-0.3, -0.25) is 4.79 Å². The fourth-order valence-electron chi connectivity index (χ4n) is 1.92. The first kappa shape index (κ1) is 11.5. The van der Waals surface area contributed by atoms with Crippen molar-refractivity contribution in [2.75, 3.05) is 0 Å². The van der Waals surface area contributed by atoms with Gasteiger partial charge < -0.3 is 9.84 Å². The van der Waals surface area contributed by atoms with Crippen molar-refractivity contribution >= 4 is 21.9 Å². The Kier molecular flexibility index (Phi) is 3.19. The van der Waals surface area contributed by atoms with Crippen LogP contribution in [0, 0.1) is 5.92 Å². The molecule has 1 aromatic carbocycles. The molecule has 1 heterocycles. The Morgan fingerprint density at radius 2 is 2.44 bits per heavy atom. The topological polar surface area (TPSA) is 46.5 Å². The number of ether oxygens (including phenoxy) is 1. The first-order valence-electron chi connectivity index (χ1n) is 5.24. The van der Waals surface area contributed by atoms with E-state index in [9.17, 15) is 4.79 Å². The quantitative estimate of drug-likeness (QED) is 0.928. The maximum Gasteiger partial charge on any atom is 0.306 e. The van der Waals surface area contributed by atoms with Crippen LogP contribution in [0.25, 0.3) is 0 Å². The summed E-state index contributed by atoms with van der Waals surface area (Å²) in [5.74, 6) is -0.256. The van der Waals surface area contributed by atoms with Crippen molar-refractivity contribution in [3.63, 3.8) is 0 Å². The molecule has 2 rings (SSSR count). The van der Waals surface area contributed by atoms with Gasteiger partial charge in [0, 0.05) is 16.5 Å². The fourth-order valence-corrected chi connectivity index (χ4v) is 2.43. The van der Waals surface area contributed by atoms with E-state index in [0.717, 1.165) is 22.2 Å². The number of carboxylic acid groups (broad SMARTS) is 1. The van der Waals surface area contributed by atoms with Crippen LogP contribution in [0.4, 0.5) is 0 Å². The van der Waals surface area contributed by atoms with Gasteiger partial charge in [0.1, 0.15) is 11.9 Å². The molecule has 2 unspecified atom stereocenters. The van der Waals surface area contributed by atoms with Crippen LogP contribution >= 0.6 is 15.9 Å². The highest BCUT2D eigenvalue weighted by atomic mass is 79.9. The van der Waals surface area contributed by atoms with E-state index in [1.54, 1.807) is 6.92 Å². The molecule has 0 bridgehead atoms. The summed E-state index contributed by atoms with van der Waals surface area (Å²) in [5, 5.41) is 8.85. The minimum atomic E-state index is -0.765. The maximum atomic E-state index is 10.8. The number of carbonyl (C=O) groups is 1. The molecule has 3 nitrogen and oxygen atoms in total. The molecule has 86 valence electrons. The zero-order valence-electron chi connectivity index (χ0n) is 8.94. The molecular formula is C12H13BrO3. The summed E-state index contributed by atoms with van der Waals surface area (Å²) in [6.07, 6.45) is 1.32. The van der Waals surface area contributed by atoms with E-state index in [1.807, 2.05) is 18.2 Å². The van der Waals surface area contributed by atoms with Gasteiger partial charge in [-0.25, -0.2) is 0 Å². The van der Waals surface area contributed by atoms with E-state index in [2.05, 4.69) is 15.9 Å². The first-order valence-corrected chi connectivity index (χ1v) is 6.04. The third-order valence-corrected chi connectivity index (χ3v) is 3.58. The lowest BCUT2D eigenvalue weighted by atomic mass is 10.0. The molecule has 0 aliphatic carbocycles. The number of halogens is 1. The largest absolute Gasteiger partial charge is 0.490 e. The summed E-state index contributed by atoms with van der Waals surface area (Å²) < 4.78 is 6.75. The van der Waals surface area contributed by atoms with E-state index in [4.69, 9.17) is 9.84 Å². The van der Waals surface area contributed by atoms with Crippen molar-refractivity contribution in [2.24, 2.45) is 5.92 Å². The lowest BCUT2D eigenvalue weighted by Gasteiger charge is -2.12. The number of fused-ring (bicyclic) bond motifs is 1. The second-order valence-corrected chi connectivity index (χ2v) is 4.99. The average molecular weight is 285 g/mol. The molecule has 0 aromatic heterocycles. The Hall–Kier alpha value is -1.03. The SMILES string of the molecule is CC(CC1Cc2c(Br)cccc2O1)C(=O)O. The van der Waals surface area contributed by atoms with Crippen LogP contribution in [-0.2, 0) is 11.2 Å². The summed E-state index contributed by atoms with van der Waals surface area (Å²) in [6, 6.07) is 5.82. The normalized spacial score (nSPS) is 20.0.